The minimum Gasteiger partial charge on any atom is -0.326 e. The Morgan fingerprint density at radius 3 is 2.67 bits per heavy atom. The van der Waals surface area contributed by atoms with E-state index < -0.39 is 0 Å². The Labute approximate surface area is 163 Å². The summed E-state index contributed by atoms with van der Waals surface area (Å²) in [4.78, 5) is 28.5. The van der Waals surface area contributed by atoms with Crippen LogP contribution in [-0.2, 0) is 4.79 Å². The van der Waals surface area contributed by atoms with Crippen molar-refractivity contribution >= 4 is 34.8 Å². The molecule has 0 radical (unpaired) electrons. The Morgan fingerprint density at radius 2 is 1.96 bits per heavy atom. The summed E-state index contributed by atoms with van der Waals surface area (Å²) in [6.07, 6.45) is 6.83. The van der Waals surface area contributed by atoms with Crippen molar-refractivity contribution in [2.24, 2.45) is 5.92 Å². The Balaban J connectivity index is 1.54. The second kappa shape index (κ2) is 9.48. The molecule has 1 aliphatic rings. The topological polar surface area (TPSA) is 83.1 Å². The molecule has 2 aromatic rings. The molecule has 3 rings (SSSR count). The van der Waals surface area contributed by atoms with E-state index in [9.17, 15) is 9.59 Å². The number of nitrogens with one attached hydrogen (secondary N) is 3. The molecule has 1 fully saturated rings. The minimum atomic E-state index is -0.322. The standard InChI is InChI=1S/C20H23ClN4O2/c21-18-12-15(24-19(26)6-3-14-7-10-22-11-8-14)4-5-17(18)20(27)25-16-2-1-9-23-13-16/h1-2,4-5,9,12-14,22H,3,6-8,10-11H2,(H,24,26)(H,25,27). The van der Waals surface area contributed by atoms with Crippen LogP contribution in [0, 0.1) is 5.92 Å². The van der Waals surface area contributed by atoms with Gasteiger partial charge >= 0.3 is 0 Å². The van der Waals surface area contributed by atoms with Crippen molar-refractivity contribution in [1.82, 2.24) is 10.3 Å². The molecule has 1 aliphatic heterocycles. The summed E-state index contributed by atoms with van der Waals surface area (Å²) in [6, 6.07) is 8.38. The third-order valence-electron chi connectivity index (χ3n) is 4.66. The van der Waals surface area contributed by atoms with E-state index in [1.165, 1.54) is 0 Å². The highest BCUT2D eigenvalue weighted by Crippen LogP contribution is 2.23. The first-order valence-corrected chi connectivity index (χ1v) is 9.51. The van der Waals surface area contributed by atoms with Crippen LogP contribution in [0.3, 0.4) is 0 Å². The second-order valence-corrected chi connectivity index (χ2v) is 7.08. The summed E-state index contributed by atoms with van der Waals surface area (Å²) in [5.74, 6) is 0.257. The van der Waals surface area contributed by atoms with Gasteiger partial charge in [0.2, 0.25) is 5.91 Å². The maximum Gasteiger partial charge on any atom is 0.257 e. The molecule has 1 saturated heterocycles. The van der Waals surface area contributed by atoms with Crippen LogP contribution in [-0.4, -0.2) is 29.9 Å². The van der Waals surface area contributed by atoms with Gasteiger partial charge in [-0.3, -0.25) is 14.6 Å². The summed E-state index contributed by atoms with van der Waals surface area (Å²) in [5.41, 5.74) is 1.52. The van der Waals surface area contributed by atoms with Gasteiger partial charge in [-0.1, -0.05) is 11.6 Å². The summed E-state index contributed by atoms with van der Waals surface area (Å²) < 4.78 is 0. The van der Waals surface area contributed by atoms with Crippen LogP contribution in [0.2, 0.25) is 5.02 Å². The van der Waals surface area contributed by atoms with E-state index in [1.807, 2.05) is 0 Å². The predicted octanol–water partition coefficient (Wildman–Crippen LogP) is 3.71. The lowest BCUT2D eigenvalue weighted by Crippen LogP contribution is -2.28. The first-order valence-electron chi connectivity index (χ1n) is 9.13. The average Bonchev–Trinajstić information content (AvgIpc) is 2.68. The van der Waals surface area contributed by atoms with Crippen molar-refractivity contribution in [2.75, 3.05) is 23.7 Å². The summed E-state index contributed by atoms with van der Waals surface area (Å²) in [5, 5.41) is 9.21. The molecule has 1 aromatic heterocycles. The molecular weight excluding hydrogens is 364 g/mol. The molecule has 6 nitrogen and oxygen atoms in total. The zero-order valence-electron chi connectivity index (χ0n) is 15.0. The van der Waals surface area contributed by atoms with Crippen LogP contribution in [0.5, 0.6) is 0 Å². The van der Waals surface area contributed by atoms with Crippen LogP contribution in [0.1, 0.15) is 36.0 Å². The lowest BCUT2D eigenvalue weighted by molar-refractivity contribution is -0.116. The quantitative estimate of drug-likeness (QED) is 0.706. The third-order valence-corrected chi connectivity index (χ3v) is 4.97. The van der Waals surface area contributed by atoms with Gasteiger partial charge in [0.15, 0.2) is 0 Å². The third kappa shape index (κ3) is 5.77. The Bertz CT molecular complexity index is 792. The van der Waals surface area contributed by atoms with E-state index in [0.717, 1.165) is 32.4 Å². The maximum atomic E-state index is 12.3. The highest BCUT2D eigenvalue weighted by Gasteiger charge is 2.15. The van der Waals surface area contributed by atoms with E-state index in [0.29, 0.717) is 29.3 Å². The molecule has 0 aliphatic carbocycles. The first-order chi connectivity index (χ1) is 13.1. The number of hydrogen-bond acceptors (Lipinski definition) is 4. The average molecular weight is 387 g/mol. The van der Waals surface area contributed by atoms with Crippen molar-refractivity contribution in [2.45, 2.75) is 25.7 Å². The number of anilines is 2. The number of carbonyl (C=O) groups is 2. The van der Waals surface area contributed by atoms with Gasteiger partial charge in [-0.05, 0) is 68.6 Å². The zero-order valence-corrected chi connectivity index (χ0v) is 15.8. The molecule has 7 heteroatoms. The number of hydrogen-bond donors (Lipinski definition) is 3. The van der Waals surface area contributed by atoms with Crippen molar-refractivity contribution in [3.8, 4) is 0 Å². The van der Waals surface area contributed by atoms with Crippen LogP contribution >= 0.6 is 11.6 Å². The summed E-state index contributed by atoms with van der Waals surface area (Å²) in [6.45, 7) is 2.06. The van der Waals surface area contributed by atoms with Gasteiger partial charge in [-0.15, -0.1) is 0 Å². The van der Waals surface area contributed by atoms with E-state index in [-0.39, 0.29) is 16.8 Å². The maximum absolute atomic E-state index is 12.3. The largest absolute Gasteiger partial charge is 0.326 e. The van der Waals surface area contributed by atoms with Crippen molar-refractivity contribution in [3.63, 3.8) is 0 Å². The highest BCUT2D eigenvalue weighted by molar-refractivity contribution is 6.34. The van der Waals surface area contributed by atoms with Gasteiger partial charge in [-0.25, -0.2) is 0 Å². The number of halogens is 1. The van der Waals surface area contributed by atoms with E-state index in [4.69, 9.17) is 11.6 Å². The van der Waals surface area contributed by atoms with Gasteiger partial charge in [0.1, 0.15) is 0 Å². The molecule has 0 bridgehead atoms. The second-order valence-electron chi connectivity index (χ2n) is 6.67. The number of benzene rings is 1. The Kier molecular flexibility index (Phi) is 6.79. The van der Waals surface area contributed by atoms with Gasteiger partial charge in [0.05, 0.1) is 22.5 Å². The number of nitrogens with zero attached hydrogens (tertiary/aromatic N) is 1. The fraction of sp³-hybridized carbons (Fsp3) is 0.350. The van der Waals surface area contributed by atoms with Gasteiger partial charge in [0.25, 0.3) is 5.91 Å². The molecule has 0 atom stereocenters. The van der Waals surface area contributed by atoms with Gasteiger partial charge in [0, 0.05) is 18.3 Å². The number of aromatic nitrogens is 1. The molecule has 3 N–H and O–H groups in total. The lowest BCUT2D eigenvalue weighted by atomic mass is 9.93. The molecule has 2 heterocycles. The summed E-state index contributed by atoms with van der Waals surface area (Å²) >= 11 is 6.24. The number of piperidine rings is 1. The van der Waals surface area contributed by atoms with E-state index >= 15 is 0 Å². The number of pyridine rings is 1. The molecule has 0 unspecified atom stereocenters. The van der Waals surface area contributed by atoms with Crippen molar-refractivity contribution in [3.05, 3.63) is 53.3 Å². The molecular formula is C20H23ClN4O2. The monoisotopic (exact) mass is 386 g/mol. The smallest absolute Gasteiger partial charge is 0.257 e. The molecule has 2 amide bonds. The van der Waals surface area contributed by atoms with E-state index in [2.05, 4.69) is 20.9 Å². The Morgan fingerprint density at radius 1 is 1.15 bits per heavy atom. The van der Waals surface area contributed by atoms with Crippen LogP contribution in [0.25, 0.3) is 0 Å². The molecule has 1 aromatic carbocycles. The number of amides is 2. The minimum absolute atomic E-state index is 0.0304. The van der Waals surface area contributed by atoms with Crippen molar-refractivity contribution < 1.29 is 9.59 Å². The SMILES string of the molecule is O=C(CCC1CCNCC1)Nc1ccc(C(=O)Nc2cccnc2)c(Cl)c1. The molecule has 142 valence electrons. The first kappa shape index (κ1) is 19.3. The lowest BCUT2D eigenvalue weighted by Gasteiger charge is -2.22. The number of rotatable bonds is 6. The van der Waals surface area contributed by atoms with Gasteiger partial charge < -0.3 is 16.0 Å². The summed E-state index contributed by atoms with van der Waals surface area (Å²) in [7, 11) is 0. The highest BCUT2D eigenvalue weighted by atomic mass is 35.5. The molecule has 0 saturated carbocycles. The fourth-order valence-electron chi connectivity index (χ4n) is 3.14. The van der Waals surface area contributed by atoms with E-state index in [1.54, 1.807) is 42.7 Å². The number of carbonyl (C=O) groups excluding carboxylic acids is 2. The molecule has 27 heavy (non-hydrogen) atoms. The normalized spacial score (nSPS) is 14.6. The van der Waals surface area contributed by atoms with Crippen LogP contribution < -0.4 is 16.0 Å². The van der Waals surface area contributed by atoms with Crippen LogP contribution in [0.15, 0.2) is 42.7 Å². The van der Waals surface area contributed by atoms with Gasteiger partial charge in [-0.2, -0.15) is 0 Å². The zero-order chi connectivity index (χ0) is 19.1. The van der Waals surface area contributed by atoms with Crippen LogP contribution in [0.4, 0.5) is 11.4 Å². The predicted molar refractivity (Wildman–Crippen MR) is 107 cm³/mol. The molecule has 0 spiro atoms. The van der Waals surface area contributed by atoms with Crippen molar-refractivity contribution in [1.29, 1.82) is 0 Å². The Hall–Kier alpha value is -2.44. The fourth-order valence-corrected chi connectivity index (χ4v) is 3.41.